The molecule has 5 heteroatoms. The second-order valence-electron chi connectivity index (χ2n) is 7.66. The molecule has 6 rings (SSSR count). The van der Waals surface area contributed by atoms with Gasteiger partial charge in [0.05, 0.1) is 6.04 Å². The molecular weight excluding hydrogens is 344 g/mol. The van der Waals surface area contributed by atoms with E-state index in [4.69, 9.17) is 4.74 Å². The molecule has 4 aliphatic heterocycles. The first-order valence-electron chi connectivity index (χ1n) is 9.59. The molecule has 0 spiro atoms. The summed E-state index contributed by atoms with van der Waals surface area (Å²) in [6.45, 7) is 3.95. The van der Waals surface area contributed by atoms with Crippen LogP contribution in [-0.4, -0.2) is 48.2 Å². The molecule has 3 fully saturated rings. The first-order chi connectivity index (χ1) is 12.8. The largest absolute Gasteiger partial charge is 0.444 e. The summed E-state index contributed by atoms with van der Waals surface area (Å²) in [7, 11) is 0. The van der Waals surface area contributed by atoms with Gasteiger partial charge in [0.25, 0.3) is 0 Å². The number of piperidine rings is 3. The number of amides is 1. The van der Waals surface area contributed by atoms with Crippen molar-refractivity contribution in [1.29, 1.82) is 0 Å². The molecule has 0 aliphatic carbocycles. The maximum Gasteiger partial charge on any atom is 0.410 e. The minimum Gasteiger partial charge on any atom is -0.444 e. The van der Waals surface area contributed by atoms with E-state index >= 15 is 0 Å². The molecule has 1 aromatic heterocycles. The fourth-order valence-electron chi connectivity index (χ4n) is 4.79. The van der Waals surface area contributed by atoms with E-state index in [-0.39, 0.29) is 18.2 Å². The van der Waals surface area contributed by atoms with Gasteiger partial charge >= 0.3 is 6.09 Å². The van der Waals surface area contributed by atoms with Crippen molar-refractivity contribution >= 4 is 17.4 Å². The molecule has 5 heterocycles. The highest BCUT2D eigenvalue weighted by Crippen LogP contribution is 2.37. The summed E-state index contributed by atoms with van der Waals surface area (Å²) in [6, 6.07) is 10.6. The number of benzene rings is 1. The highest BCUT2D eigenvalue weighted by molar-refractivity contribution is 7.08. The van der Waals surface area contributed by atoms with Crippen molar-refractivity contribution < 1.29 is 9.53 Å². The third kappa shape index (κ3) is 2.83. The van der Waals surface area contributed by atoms with E-state index in [0.717, 1.165) is 45.4 Å². The molecule has 1 amide bonds. The van der Waals surface area contributed by atoms with Gasteiger partial charge in [0.1, 0.15) is 6.10 Å². The zero-order chi connectivity index (χ0) is 17.5. The van der Waals surface area contributed by atoms with Gasteiger partial charge in [-0.25, -0.2) is 4.79 Å². The van der Waals surface area contributed by atoms with Crippen molar-refractivity contribution in [3.05, 3.63) is 57.8 Å². The van der Waals surface area contributed by atoms with E-state index in [2.05, 4.69) is 46.0 Å². The second kappa shape index (κ2) is 6.71. The quantitative estimate of drug-likeness (QED) is 0.805. The average molecular weight is 369 g/mol. The van der Waals surface area contributed by atoms with Crippen LogP contribution in [0, 0.1) is 5.92 Å². The van der Waals surface area contributed by atoms with Crippen LogP contribution < -0.4 is 0 Å². The van der Waals surface area contributed by atoms with Crippen molar-refractivity contribution in [2.75, 3.05) is 26.2 Å². The number of hydrogen-bond acceptors (Lipinski definition) is 4. The summed E-state index contributed by atoms with van der Waals surface area (Å²) in [6.07, 6.45) is 3.13. The lowest BCUT2D eigenvalue weighted by atomic mass is 9.86. The minimum absolute atomic E-state index is 0.0280. The van der Waals surface area contributed by atoms with Crippen LogP contribution in [-0.2, 0) is 11.2 Å². The lowest BCUT2D eigenvalue weighted by molar-refractivity contribution is -0.0462. The lowest BCUT2D eigenvalue weighted by Crippen LogP contribution is -2.53. The molecule has 0 unspecified atom stereocenters. The fourth-order valence-corrected chi connectivity index (χ4v) is 5.47. The first-order valence-corrected chi connectivity index (χ1v) is 10.5. The van der Waals surface area contributed by atoms with Crippen molar-refractivity contribution in [3.8, 4) is 0 Å². The number of carbonyl (C=O) groups excluding carboxylic acids is 1. The molecule has 0 radical (unpaired) electrons. The van der Waals surface area contributed by atoms with Crippen molar-refractivity contribution in [3.63, 3.8) is 0 Å². The molecule has 26 heavy (non-hydrogen) atoms. The highest BCUT2D eigenvalue weighted by Gasteiger charge is 2.39. The van der Waals surface area contributed by atoms with Crippen LogP contribution in [0.2, 0.25) is 0 Å². The molecule has 2 atom stereocenters. The molecule has 4 aliphatic rings. The van der Waals surface area contributed by atoms with E-state index in [1.807, 2.05) is 4.90 Å². The van der Waals surface area contributed by atoms with Crippen LogP contribution in [0.5, 0.6) is 0 Å². The van der Waals surface area contributed by atoms with Crippen LogP contribution in [0.1, 0.15) is 35.6 Å². The van der Waals surface area contributed by atoms with Gasteiger partial charge in [0.15, 0.2) is 0 Å². The van der Waals surface area contributed by atoms with Crippen molar-refractivity contribution in [2.24, 2.45) is 5.92 Å². The van der Waals surface area contributed by atoms with Gasteiger partial charge < -0.3 is 4.74 Å². The third-order valence-corrected chi connectivity index (χ3v) is 6.93. The summed E-state index contributed by atoms with van der Waals surface area (Å²) >= 11 is 1.68. The van der Waals surface area contributed by atoms with Crippen LogP contribution in [0.4, 0.5) is 4.79 Å². The summed E-state index contributed by atoms with van der Waals surface area (Å²) < 4.78 is 6.06. The van der Waals surface area contributed by atoms with E-state index in [0.29, 0.717) is 5.92 Å². The highest BCUT2D eigenvalue weighted by atomic mass is 32.1. The normalized spacial score (nSPS) is 30.1. The Kier molecular flexibility index (Phi) is 4.21. The molecule has 0 saturated carbocycles. The Labute approximate surface area is 158 Å². The number of fused-ring (bicyclic) bond motifs is 4. The SMILES string of the molecule is O=C(O[C@H]1CN2CCC1CC2)N1CCc2ccccc2[C@@H]1c1ccsc1. The zero-order valence-electron chi connectivity index (χ0n) is 14.8. The molecule has 3 saturated heterocycles. The topological polar surface area (TPSA) is 32.8 Å². The first kappa shape index (κ1) is 16.3. The maximum absolute atomic E-state index is 13.1. The van der Waals surface area contributed by atoms with Gasteiger partial charge in [-0.3, -0.25) is 9.80 Å². The Balaban J connectivity index is 1.41. The zero-order valence-corrected chi connectivity index (χ0v) is 15.7. The van der Waals surface area contributed by atoms with Gasteiger partial charge in [0, 0.05) is 13.1 Å². The Bertz CT molecular complexity index is 783. The predicted molar refractivity (Wildman–Crippen MR) is 102 cm³/mol. The van der Waals surface area contributed by atoms with Gasteiger partial charge in [0.2, 0.25) is 0 Å². The number of carbonyl (C=O) groups is 1. The Morgan fingerprint density at radius 1 is 1.12 bits per heavy atom. The van der Waals surface area contributed by atoms with Crippen molar-refractivity contribution in [1.82, 2.24) is 9.80 Å². The van der Waals surface area contributed by atoms with E-state index < -0.39 is 0 Å². The molecular formula is C21H24N2O2S. The molecule has 2 aromatic rings. The number of rotatable bonds is 2. The smallest absolute Gasteiger partial charge is 0.410 e. The number of thiophene rings is 1. The molecule has 1 aromatic carbocycles. The standard InChI is InChI=1S/C21H24N2O2S/c24-21(25-19-13-22-9-5-16(19)6-10-22)23-11-7-15-3-1-2-4-18(15)20(23)17-8-12-26-14-17/h1-4,8,12,14,16,19-20H,5-7,9-11,13H2/t19-,20-/m0/s1. The average Bonchev–Trinajstić information content (AvgIpc) is 3.22. The summed E-state index contributed by atoms with van der Waals surface area (Å²) in [5.41, 5.74) is 3.77. The molecule has 136 valence electrons. The minimum atomic E-state index is -0.144. The summed E-state index contributed by atoms with van der Waals surface area (Å²) in [5.74, 6) is 0.542. The van der Waals surface area contributed by atoms with Gasteiger partial charge in [-0.15, -0.1) is 0 Å². The van der Waals surface area contributed by atoms with Crippen LogP contribution in [0.15, 0.2) is 41.1 Å². The van der Waals surface area contributed by atoms with E-state index in [1.54, 1.807) is 11.3 Å². The van der Waals surface area contributed by atoms with E-state index in [9.17, 15) is 4.79 Å². The summed E-state index contributed by atoms with van der Waals surface area (Å²) in [4.78, 5) is 17.5. The Hall–Kier alpha value is -1.85. The van der Waals surface area contributed by atoms with E-state index in [1.165, 1.54) is 16.7 Å². The Morgan fingerprint density at radius 3 is 2.69 bits per heavy atom. The maximum atomic E-state index is 13.1. The van der Waals surface area contributed by atoms with Crippen LogP contribution in [0.25, 0.3) is 0 Å². The molecule has 2 bridgehead atoms. The summed E-state index contributed by atoms with van der Waals surface area (Å²) in [5, 5.41) is 4.24. The van der Waals surface area contributed by atoms with Gasteiger partial charge in [-0.1, -0.05) is 24.3 Å². The Morgan fingerprint density at radius 2 is 1.96 bits per heavy atom. The number of ether oxygens (including phenoxy) is 1. The third-order valence-electron chi connectivity index (χ3n) is 6.23. The van der Waals surface area contributed by atoms with Crippen molar-refractivity contribution in [2.45, 2.75) is 31.4 Å². The number of nitrogens with zero attached hydrogens (tertiary/aromatic N) is 2. The van der Waals surface area contributed by atoms with Gasteiger partial charge in [-0.05, 0) is 71.8 Å². The second-order valence-corrected chi connectivity index (χ2v) is 8.44. The molecule has 0 N–H and O–H groups in total. The van der Waals surface area contributed by atoms with Gasteiger partial charge in [-0.2, -0.15) is 11.3 Å². The van der Waals surface area contributed by atoms with Crippen LogP contribution in [0.3, 0.4) is 0 Å². The fraction of sp³-hybridized carbons (Fsp3) is 0.476. The number of hydrogen-bond donors (Lipinski definition) is 0. The molecule has 4 nitrogen and oxygen atoms in total. The predicted octanol–water partition coefficient (Wildman–Crippen LogP) is 3.93. The lowest BCUT2D eigenvalue weighted by Gasteiger charge is -2.45. The monoisotopic (exact) mass is 368 g/mol. The van der Waals surface area contributed by atoms with Crippen LogP contribution >= 0.6 is 11.3 Å².